The summed E-state index contributed by atoms with van der Waals surface area (Å²) in [5.74, 6) is 0. The van der Waals surface area contributed by atoms with Crippen molar-refractivity contribution < 1.29 is 8.42 Å². The van der Waals surface area contributed by atoms with Gasteiger partial charge in [0.15, 0.2) is 0 Å². The lowest BCUT2D eigenvalue weighted by molar-refractivity contribution is 0.414. The zero-order chi connectivity index (χ0) is 14.4. The average molecular weight is 317 g/mol. The predicted octanol–water partition coefficient (Wildman–Crippen LogP) is 2.31. The minimum absolute atomic E-state index is 0.291. The number of hydrogen-bond acceptors (Lipinski definition) is 4. The molecule has 1 saturated heterocycles. The molecule has 0 radical (unpaired) electrons. The third-order valence-corrected chi connectivity index (χ3v) is 5.92. The summed E-state index contributed by atoms with van der Waals surface area (Å²) in [4.78, 5) is 4.44. The highest BCUT2D eigenvalue weighted by Gasteiger charge is 2.22. The number of nitrogens with one attached hydrogen (secondary N) is 1. The minimum atomic E-state index is -3.36. The Morgan fingerprint density at radius 2 is 2.00 bits per heavy atom. The Labute approximate surface area is 125 Å². The number of hydrogen-bond donors (Lipinski definition) is 1. The van der Waals surface area contributed by atoms with Gasteiger partial charge in [0.05, 0.1) is 17.2 Å². The summed E-state index contributed by atoms with van der Waals surface area (Å²) in [5, 5.41) is 3.02. The van der Waals surface area contributed by atoms with Crippen molar-refractivity contribution in [1.29, 1.82) is 0 Å². The molecule has 0 amide bonds. The summed E-state index contributed by atoms with van der Waals surface area (Å²) >= 11 is 1.60. The van der Waals surface area contributed by atoms with Crippen molar-refractivity contribution in [2.24, 2.45) is 0 Å². The van der Waals surface area contributed by atoms with E-state index >= 15 is 0 Å². The third kappa shape index (κ3) is 4.51. The summed E-state index contributed by atoms with van der Waals surface area (Å²) in [7, 11) is -3.36. The molecule has 0 spiro atoms. The quantitative estimate of drug-likeness (QED) is 0.876. The first-order chi connectivity index (χ1) is 9.62. The van der Waals surface area contributed by atoms with Crippen LogP contribution in [-0.2, 0) is 23.2 Å². The van der Waals surface area contributed by atoms with Crippen molar-refractivity contribution in [3.05, 3.63) is 16.1 Å². The maximum atomic E-state index is 12.2. The van der Waals surface area contributed by atoms with Crippen LogP contribution in [0.15, 0.2) is 5.38 Å². The van der Waals surface area contributed by atoms with Crippen molar-refractivity contribution in [2.45, 2.75) is 52.0 Å². The number of aryl methyl sites for hydroxylation is 1. The van der Waals surface area contributed by atoms with E-state index in [9.17, 15) is 8.42 Å². The second kappa shape index (κ2) is 7.49. The standard InChI is InChI=1S/C13H23N3O2S2/c1-2-7-13-15-12(11-19-13)10-14-20(17,18)16-8-5-3-4-6-9-16/h11,14H,2-10H2,1H3. The zero-order valence-corrected chi connectivity index (χ0v) is 13.6. The first-order valence-electron chi connectivity index (χ1n) is 7.30. The van der Waals surface area contributed by atoms with Gasteiger partial charge in [0, 0.05) is 18.5 Å². The van der Waals surface area contributed by atoms with Crippen molar-refractivity contribution in [1.82, 2.24) is 14.0 Å². The van der Waals surface area contributed by atoms with E-state index < -0.39 is 10.2 Å². The highest BCUT2D eigenvalue weighted by Crippen LogP contribution is 2.14. The lowest BCUT2D eigenvalue weighted by atomic mass is 10.2. The summed E-state index contributed by atoms with van der Waals surface area (Å²) in [5.41, 5.74) is 0.817. The van der Waals surface area contributed by atoms with Gasteiger partial charge in [0.2, 0.25) is 0 Å². The molecule has 0 bridgehead atoms. The third-order valence-electron chi connectivity index (χ3n) is 3.40. The molecule has 0 aliphatic carbocycles. The summed E-state index contributed by atoms with van der Waals surface area (Å²) in [6.07, 6.45) is 6.18. The smallest absolute Gasteiger partial charge is 0.245 e. The molecule has 20 heavy (non-hydrogen) atoms. The summed E-state index contributed by atoms with van der Waals surface area (Å²) in [6.45, 7) is 3.67. The molecule has 1 N–H and O–H groups in total. The highest BCUT2D eigenvalue weighted by atomic mass is 32.2. The summed E-state index contributed by atoms with van der Waals surface area (Å²) in [6, 6.07) is 0. The molecule has 1 aromatic heterocycles. The fraction of sp³-hybridized carbons (Fsp3) is 0.769. The molecule has 2 heterocycles. The van der Waals surface area contributed by atoms with Crippen molar-refractivity contribution >= 4 is 21.5 Å². The van der Waals surface area contributed by atoms with Crippen molar-refractivity contribution in [3.8, 4) is 0 Å². The minimum Gasteiger partial charge on any atom is -0.245 e. The van der Waals surface area contributed by atoms with Crippen LogP contribution < -0.4 is 4.72 Å². The van der Waals surface area contributed by atoms with Gasteiger partial charge in [0.1, 0.15) is 0 Å². The van der Waals surface area contributed by atoms with Gasteiger partial charge in [-0.25, -0.2) is 4.98 Å². The second-order valence-corrected chi connectivity index (χ2v) is 7.82. The normalized spacial score (nSPS) is 18.1. The molecule has 0 aromatic carbocycles. The Kier molecular flexibility index (Phi) is 5.95. The van der Waals surface area contributed by atoms with E-state index in [4.69, 9.17) is 0 Å². The second-order valence-electron chi connectivity index (χ2n) is 5.12. The van der Waals surface area contributed by atoms with Crippen LogP contribution in [0.4, 0.5) is 0 Å². The van der Waals surface area contributed by atoms with Crippen molar-refractivity contribution in [2.75, 3.05) is 13.1 Å². The molecule has 0 atom stereocenters. The van der Waals surface area contributed by atoms with Gasteiger partial charge in [0.25, 0.3) is 10.2 Å². The lowest BCUT2D eigenvalue weighted by Crippen LogP contribution is -2.40. The molecule has 1 aromatic rings. The van der Waals surface area contributed by atoms with E-state index in [0.717, 1.165) is 49.2 Å². The number of rotatable bonds is 6. The van der Waals surface area contributed by atoms with Crippen LogP contribution >= 0.6 is 11.3 Å². The zero-order valence-electron chi connectivity index (χ0n) is 12.0. The number of nitrogens with zero attached hydrogens (tertiary/aromatic N) is 2. The van der Waals surface area contributed by atoms with Gasteiger partial charge < -0.3 is 0 Å². The average Bonchev–Trinajstić information content (AvgIpc) is 2.69. The fourth-order valence-corrected chi connectivity index (χ4v) is 4.45. The Bertz CT molecular complexity index is 505. The highest BCUT2D eigenvalue weighted by molar-refractivity contribution is 7.87. The molecule has 114 valence electrons. The molecule has 1 fully saturated rings. The van der Waals surface area contributed by atoms with Gasteiger partial charge in [-0.15, -0.1) is 11.3 Å². The van der Waals surface area contributed by atoms with Crippen LogP contribution in [-0.4, -0.2) is 30.8 Å². The first kappa shape index (κ1) is 15.9. The van der Waals surface area contributed by atoms with Crippen LogP contribution in [0.2, 0.25) is 0 Å². The van der Waals surface area contributed by atoms with Gasteiger partial charge in [-0.3, -0.25) is 0 Å². The van der Waals surface area contributed by atoms with E-state index in [0.29, 0.717) is 19.6 Å². The number of thiazole rings is 1. The van der Waals surface area contributed by atoms with Crippen LogP contribution in [0.3, 0.4) is 0 Å². The lowest BCUT2D eigenvalue weighted by Gasteiger charge is -2.19. The first-order valence-corrected chi connectivity index (χ1v) is 9.62. The maximum Gasteiger partial charge on any atom is 0.279 e. The molecule has 0 unspecified atom stereocenters. The monoisotopic (exact) mass is 317 g/mol. The molecule has 0 saturated carbocycles. The van der Waals surface area contributed by atoms with Crippen molar-refractivity contribution in [3.63, 3.8) is 0 Å². The van der Waals surface area contributed by atoms with Gasteiger partial charge >= 0.3 is 0 Å². The molecule has 2 rings (SSSR count). The number of aromatic nitrogens is 1. The van der Waals surface area contributed by atoms with E-state index in [1.54, 1.807) is 15.6 Å². The summed E-state index contributed by atoms with van der Waals surface area (Å²) < 4.78 is 28.7. The van der Waals surface area contributed by atoms with E-state index in [1.165, 1.54) is 0 Å². The Morgan fingerprint density at radius 1 is 1.30 bits per heavy atom. The van der Waals surface area contributed by atoms with Crippen LogP contribution in [0.1, 0.15) is 49.7 Å². The fourth-order valence-electron chi connectivity index (χ4n) is 2.30. The topological polar surface area (TPSA) is 62.3 Å². The Morgan fingerprint density at radius 3 is 2.65 bits per heavy atom. The SMILES string of the molecule is CCCc1nc(CNS(=O)(=O)N2CCCCCC2)cs1. The van der Waals surface area contributed by atoms with Crippen LogP contribution in [0, 0.1) is 0 Å². The molecule has 7 heteroatoms. The van der Waals surface area contributed by atoms with E-state index in [1.807, 2.05) is 5.38 Å². The van der Waals surface area contributed by atoms with Gasteiger partial charge in [-0.05, 0) is 25.7 Å². The van der Waals surface area contributed by atoms with Crippen LogP contribution in [0.25, 0.3) is 0 Å². The van der Waals surface area contributed by atoms with Crippen LogP contribution in [0.5, 0.6) is 0 Å². The van der Waals surface area contributed by atoms with E-state index in [-0.39, 0.29) is 0 Å². The Hall–Kier alpha value is -0.500. The predicted molar refractivity (Wildman–Crippen MR) is 81.9 cm³/mol. The molecular weight excluding hydrogens is 294 g/mol. The van der Waals surface area contributed by atoms with Gasteiger partial charge in [-0.2, -0.15) is 17.4 Å². The van der Waals surface area contributed by atoms with Gasteiger partial charge in [-0.1, -0.05) is 19.8 Å². The largest absolute Gasteiger partial charge is 0.279 e. The Balaban J connectivity index is 1.90. The van der Waals surface area contributed by atoms with E-state index in [2.05, 4.69) is 16.6 Å². The molecule has 1 aliphatic rings. The molecule has 1 aliphatic heterocycles. The molecular formula is C13H23N3O2S2. The maximum absolute atomic E-state index is 12.2. The molecule has 5 nitrogen and oxygen atoms in total.